The Hall–Kier alpha value is -3.06. The lowest BCUT2D eigenvalue weighted by molar-refractivity contribution is -0.123. The molecule has 2 aromatic heterocycles. The molecule has 0 bridgehead atoms. The van der Waals surface area contributed by atoms with Crippen LogP contribution in [0.3, 0.4) is 0 Å². The van der Waals surface area contributed by atoms with Crippen molar-refractivity contribution in [2.45, 2.75) is 38.8 Å². The van der Waals surface area contributed by atoms with Gasteiger partial charge in [0.05, 0.1) is 17.2 Å². The Bertz CT molecular complexity index is 1060. The highest BCUT2D eigenvalue weighted by atomic mass is 32.1. The normalized spacial score (nSPS) is 16.3. The van der Waals surface area contributed by atoms with Gasteiger partial charge < -0.3 is 10.6 Å². The summed E-state index contributed by atoms with van der Waals surface area (Å²) >= 11 is 1.28. The van der Waals surface area contributed by atoms with Gasteiger partial charge >= 0.3 is 0 Å². The smallest absolute Gasteiger partial charge is 0.267 e. The predicted octanol–water partition coefficient (Wildman–Crippen LogP) is 3.51. The Morgan fingerprint density at radius 1 is 1.28 bits per heavy atom. The zero-order chi connectivity index (χ0) is 20.5. The van der Waals surface area contributed by atoms with Crippen LogP contribution in [0.5, 0.6) is 0 Å². The van der Waals surface area contributed by atoms with E-state index in [9.17, 15) is 9.59 Å². The van der Waals surface area contributed by atoms with Crippen molar-refractivity contribution in [2.24, 2.45) is 5.73 Å². The van der Waals surface area contributed by atoms with Gasteiger partial charge in [0, 0.05) is 18.0 Å². The van der Waals surface area contributed by atoms with Crippen LogP contribution in [-0.2, 0) is 11.2 Å². The predicted molar refractivity (Wildman–Crippen MR) is 111 cm³/mol. The molecule has 6 nitrogen and oxygen atoms in total. The summed E-state index contributed by atoms with van der Waals surface area (Å²) in [6, 6.07) is 8.68. The number of pyridine rings is 1. The fraction of sp³-hybridized carbons (Fsp3) is 0.273. The molecule has 148 valence electrons. The number of thiazole rings is 1. The molecule has 7 heteroatoms. The average molecular weight is 407 g/mol. The SMILES string of the molecule is Cc1ccc2c(c1)[C@H](N(C(=O)c1scnc1C)[C@@H](C(N)=O)c1cccnc1)CC2. The van der Waals surface area contributed by atoms with Crippen molar-refractivity contribution in [3.63, 3.8) is 0 Å². The minimum atomic E-state index is -0.908. The number of hydrogen-bond donors (Lipinski definition) is 1. The third kappa shape index (κ3) is 3.53. The lowest BCUT2D eigenvalue weighted by Gasteiger charge is -2.35. The molecule has 0 saturated carbocycles. The summed E-state index contributed by atoms with van der Waals surface area (Å²) in [4.78, 5) is 36.9. The van der Waals surface area contributed by atoms with Crippen LogP contribution >= 0.6 is 11.3 Å². The third-order valence-corrected chi connectivity index (χ3v) is 6.32. The van der Waals surface area contributed by atoms with Crippen LogP contribution in [0, 0.1) is 13.8 Å². The molecule has 2 heterocycles. The monoisotopic (exact) mass is 406 g/mol. The van der Waals surface area contributed by atoms with E-state index in [1.165, 1.54) is 16.9 Å². The second kappa shape index (κ2) is 7.75. The minimum absolute atomic E-state index is 0.225. The summed E-state index contributed by atoms with van der Waals surface area (Å²) in [6.45, 7) is 3.83. The van der Waals surface area contributed by atoms with E-state index in [1.54, 1.807) is 41.9 Å². The molecule has 0 radical (unpaired) electrons. The maximum Gasteiger partial charge on any atom is 0.267 e. The number of rotatable bonds is 5. The number of carbonyl (C=O) groups is 2. The van der Waals surface area contributed by atoms with E-state index in [-0.39, 0.29) is 11.9 Å². The maximum absolute atomic E-state index is 13.7. The fourth-order valence-electron chi connectivity index (χ4n) is 4.05. The second-order valence-corrected chi connectivity index (χ2v) is 8.18. The largest absolute Gasteiger partial charge is 0.368 e. The molecule has 1 aliphatic rings. The summed E-state index contributed by atoms with van der Waals surface area (Å²) in [6.07, 6.45) is 4.83. The van der Waals surface area contributed by atoms with Crippen LogP contribution in [0.1, 0.15) is 56.1 Å². The fourth-order valence-corrected chi connectivity index (χ4v) is 4.80. The molecule has 2 atom stereocenters. The highest BCUT2D eigenvalue weighted by Crippen LogP contribution is 2.42. The number of aromatic nitrogens is 2. The molecule has 0 fully saturated rings. The lowest BCUT2D eigenvalue weighted by atomic mass is 9.99. The molecule has 4 rings (SSSR count). The molecule has 29 heavy (non-hydrogen) atoms. The van der Waals surface area contributed by atoms with Crippen LogP contribution in [0.15, 0.2) is 48.2 Å². The van der Waals surface area contributed by atoms with Crippen LogP contribution in [0.4, 0.5) is 0 Å². The first-order chi connectivity index (χ1) is 14.0. The van der Waals surface area contributed by atoms with Gasteiger partial charge in [0.1, 0.15) is 10.9 Å². The van der Waals surface area contributed by atoms with Gasteiger partial charge in [-0.2, -0.15) is 0 Å². The van der Waals surface area contributed by atoms with E-state index in [0.29, 0.717) is 16.1 Å². The van der Waals surface area contributed by atoms with Crippen LogP contribution < -0.4 is 5.73 Å². The topological polar surface area (TPSA) is 89.2 Å². The van der Waals surface area contributed by atoms with Crippen molar-refractivity contribution in [3.05, 3.63) is 81.1 Å². The quantitative estimate of drug-likeness (QED) is 0.702. The number of nitrogens with zero attached hydrogens (tertiary/aromatic N) is 3. The van der Waals surface area contributed by atoms with Gasteiger partial charge in [0.15, 0.2) is 0 Å². The molecule has 1 aromatic carbocycles. The van der Waals surface area contributed by atoms with Crippen molar-refractivity contribution < 1.29 is 9.59 Å². The molecule has 3 aromatic rings. The third-order valence-electron chi connectivity index (χ3n) is 5.41. The zero-order valence-electron chi connectivity index (χ0n) is 16.3. The van der Waals surface area contributed by atoms with Crippen molar-refractivity contribution in [2.75, 3.05) is 0 Å². The van der Waals surface area contributed by atoms with Crippen molar-refractivity contribution in [3.8, 4) is 0 Å². The summed E-state index contributed by atoms with van der Waals surface area (Å²) in [5.41, 5.74) is 12.2. The Morgan fingerprint density at radius 2 is 2.10 bits per heavy atom. The number of primary amides is 1. The summed E-state index contributed by atoms with van der Waals surface area (Å²) in [5.74, 6) is -0.799. The summed E-state index contributed by atoms with van der Waals surface area (Å²) in [5, 5.41) is 0. The molecule has 2 N–H and O–H groups in total. The van der Waals surface area contributed by atoms with E-state index in [2.05, 4.69) is 28.2 Å². The number of fused-ring (bicyclic) bond motifs is 1. The van der Waals surface area contributed by atoms with E-state index < -0.39 is 11.9 Å². The minimum Gasteiger partial charge on any atom is -0.368 e. The molecule has 0 spiro atoms. The summed E-state index contributed by atoms with van der Waals surface area (Å²) < 4.78 is 0. The Kier molecular flexibility index (Phi) is 5.15. The van der Waals surface area contributed by atoms with Crippen molar-refractivity contribution in [1.82, 2.24) is 14.9 Å². The standard InChI is InChI=1S/C22H22N4O2S/c1-13-5-6-15-7-8-18(17(15)10-13)26(22(28)20-14(2)25-12-29-20)19(21(23)27)16-4-3-9-24-11-16/h3-6,9-12,18-19H,7-8H2,1-2H3,(H2,23,27)/t18-,19-/m1/s1. The van der Waals surface area contributed by atoms with Crippen molar-refractivity contribution in [1.29, 1.82) is 0 Å². The molecular formula is C22H22N4O2S. The van der Waals surface area contributed by atoms with E-state index >= 15 is 0 Å². The van der Waals surface area contributed by atoms with Gasteiger partial charge in [-0.15, -0.1) is 11.3 Å². The van der Waals surface area contributed by atoms with Crippen molar-refractivity contribution >= 4 is 23.2 Å². The summed E-state index contributed by atoms with van der Waals surface area (Å²) in [7, 11) is 0. The number of aryl methyl sites for hydroxylation is 3. The number of hydrogen-bond acceptors (Lipinski definition) is 5. The highest BCUT2D eigenvalue weighted by molar-refractivity contribution is 7.11. The van der Waals surface area contributed by atoms with Gasteiger partial charge in [0.25, 0.3) is 5.91 Å². The zero-order valence-corrected chi connectivity index (χ0v) is 17.1. The van der Waals surface area contributed by atoms with Gasteiger partial charge in [-0.25, -0.2) is 4.98 Å². The number of carbonyl (C=O) groups excluding carboxylic acids is 2. The Balaban J connectivity index is 1.87. The van der Waals surface area contributed by atoms with Crippen LogP contribution in [0.25, 0.3) is 0 Å². The number of amides is 2. The number of benzene rings is 1. The van der Waals surface area contributed by atoms with E-state index in [0.717, 1.165) is 24.0 Å². The lowest BCUT2D eigenvalue weighted by Crippen LogP contribution is -2.43. The molecule has 2 amide bonds. The molecular weight excluding hydrogens is 384 g/mol. The first-order valence-electron chi connectivity index (χ1n) is 9.48. The Labute approximate surface area is 173 Å². The van der Waals surface area contributed by atoms with Gasteiger partial charge in [-0.05, 0) is 43.9 Å². The van der Waals surface area contributed by atoms with E-state index in [4.69, 9.17) is 5.73 Å². The van der Waals surface area contributed by atoms with Crippen LogP contribution in [0.2, 0.25) is 0 Å². The number of nitrogens with two attached hydrogens (primary N) is 1. The molecule has 0 unspecified atom stereocenters. The Morgan fingerprint density at radius 3 is 2.76 bits per heavy atom. The molecule has 0 aliphatic heterocycles. The molecule has 0 saturated heterocycles. The van der Waals surface area contributed by atoms with Gasteiger partial charge in [-0.3, -0.25) is 14.6 Å². The van der Waals surface area contributed by atoms with Gasteiger partial charge in [-0.1, -0.05) is 29.8 Å². The highest BCUT2D eigenvalue weighted by Gasteiger charge is 2.40. The van der Waals surface area contributed by atoms with Gasteiger partial charge in [0.2, 0.25) is 5.91 Å². The first-order valence-corrected chi connectivity index (χ1v) is 10.4. The second-order valence-electron chi connectivity index (χ2n) is 7.33. The van der Waals surface area contributed by atoms with E-state index in [1.807, 2.05) is 6.92 Å². The van der Waals surface area contributed by atoms with Crippen LogP contribution in [-0.4, -0.2) is 26.7 Å². The molecule has 1 aliphatic carbocycles. The maximum atomic E-state index is 13.7. The average Bonchev–Trinajstić information content (AvgIpc) is 3.31. The first kappa shape index (κ1) is 19.3.